The average Bonchev–Trinajstić information content (AvgIpc) is 2.91. The largest absolute Gasteiger partial charge is 0.507 e. The number of carbonyl (C=O) groups is 2. The number of hydrogen-bond donors (Lipinski definition) is 2. The molecule has 1 atom stereocenters. The molecule has 2 rings (SSSR count). The molecule has 218 valence electrons. The van der Waals surface area contributed by atoms with Gasteiger partial charge in [0.2, 0.25) is 0 Å². The van der Waals surface area contributed by atoms with Crippen LogP contribution in [0.1, 0.15) is 106 Å². The van der Waals surface area contributed by atoms with Gasteiger partial charge in [-0.05, 0) is 55.3 Å². The van der Waals surface area contributed by atoms with E-state index < -0.39 is 11.4 Å². The summed E-state index contributed by atoms with van der Waals surface area (Å²) in [5, 5.41) is 12.7. The first kappa shape index (κ1) is 35.6. The molecule has 7 nitrogen and oxygen atoms in total. The van der Waals surface area contributed by atoms with Gasteiger partial charge >= 0.3 is 5.63 Å². The summed E-state index contributed by atoms with van der Waals surface area (Å²) >= 11 is 0. The zero-order chi connectivity index (χ0) is 29.6. The second-order valence-corrected chi connectivity index (χ2v) is 9.85. The van der Waals surface area contributed by atoms with Crippen LogP contribution in [0.15, 0.2) is 51.8 Å². The number of hydrogen-bond acceptors (Lipinski definition) is 7. The molecule has 1 heterocycles. The van der Waals surface area contributed by atoms with Crippen molar-refractivity contribution in [1.82, 2.24) is 5.32 Å². The van der Waals surface area contributed by atoms with Crippen molar-refractivity contribution in [2.75, 3.05) is 14.2 Å². The quantitative estimate of drug-likeness (QED) is 0.151. The number of aromatic hydroxyl groups is 1. The van der Waals surface area contributed by atoms with E-state index in [1.54, 1.807) is 6.92 Å². The van der Waals surface area contributed by atoms with E-state index in [1.165, 1.54) is 56.4 Å². The van der Waals surface area contributed by atoms with Gasteiger partial charge in [0.15, 0.2) is 5.78 Å². The minimum Gasteiger partial charge on any atom is -0.507 e. The van der Waals surface area contributed by atoms with E-state index in [9.17, 15) is 14.7 Å². The standard InChI is InChI=1S/C15H21NO4.C15H24.C2H4O2/c1-4-11(17)14-12(18)9-13(20-15(14)19)10(2)7-5-6-8-16-3;1-4-5-6-7-14-8-10-15(11-9-14)12-13(2)3;1-4-2-3/h6,8-10,16,18H,4-5,7H2,1-3H3;8-11,13H,4-7,12H2,1-3H3;2H,1H3/b8-6+;;. The summed E-state index contributed by atoms with van der Waals surface area (Å²) in [6, 6.07) is 10.6. The summed E-state index contributed by atoms with van der Waals surface area (Å²) in [5.74, 6) is 0.447. The van der Waals surface area contributed by atoms with Crippen LogP contribution in [-0.4, -0.2) is 31.5 Å². The Balaban J connectivity index is 0.000000670. The van der Waals surface area contributed by atoms with Gasteiger partial charge in [-0.3, -0.25) is 9.59 Å². The Morgan fingerprint density at radius 2 is 1.72 bits per heavy atom. The number of unbranched alkanes of at least 4 members (excludes halogenated alkanes) is 2. The Morgan fingerprint density at radius 3 is 2.21 bits per heavy atom. The molecular weight excluding hydrogens is 494 g/mol. The Hall–Kier alpha value is -3.35. The first-order valence-corrected chi connectivity index (χ1v) is 13.9. The molecule has 39 heavy (non-hydrogen) atoms. The highest BCUT2D eigenvalue weighted by molar-refractivity contribution is 5.97. The van der Waals surface area contributed by atoms with E-state index in [2.05, 4.69) is 55.1 Å². The van der Waals surface area contributed by atoms with Gasteiger partial charge in [-0.25, -0.2) is 4.79 Å². The fourth-order valence-electron chi connectivity index (χ4n) is 3.76. The molecule has 0 spiro atoms. The summed E-state index contributed by atoms with van der Waals surface area (Å²) in [6.45, 7) is 10.7. The smallest absolute Gasteiger partial charge is 0.350 e. The van der Waals surface area contributed by atoms with E-state index in [-0.39, 0.29) is 23.7 Å². The second kappa shape index (κ2) is 21.6. The van der Waals surface area contributed by atoms with E-state index in [1.807, 2.05) is 26.2 Å². The third-order valence-electron chi connectivity index (χ3n) is 5.92. The van der Waals surface area contributed by atoms with E-state index in [0.29, 0.717) is 12.2 Å². The molecule has 0 saturated heterocycles. The van der Waals surface area contributed by atoms with Crippen molar-refractivity contribution in [2.45, 2.75) is 91.9 Å². The summed E-state index contributed by atoms with van der Waals surface area (Å²) < 4.78 is 9.02. The molecule has 1 aromatic heterocycles. The lowest BCUT2D eigenvalue weighted by Crippen LogP contribution is -2.15. The van der Waals surface area contributed by atoms with Gasteiger partial charge in [0.05, 0.1) is 7.11 Å². The number of ketones is 1. The maximum absolute atomic E-state index is 11.8. The highest BCUT2D eigenvalue weighted by Crippen LogP contribution is 2.25. The zero-order valence-corrected chi connectivity index (χ0v) is 24.9. The zero-order valence-electron chi connectivity index (χ0n) is 24.9. The number of carbonyl (C=O) groups excluding carboxylic acids is 2. The van der Waals surface area contributed by atoms with Crippen molar-refractivity contribution in [2.24, 2.45) is 5.92 Å². The van der Waals surface area contributed by atoms with Crippen molar-refractivity contribution in [1.29, 1.82) is 0 Å². The molecule has 0 aliphatic heterocycles. The normalized spacial score (nSPS) is 11.2. The number of methoxy groups -OCH3 is 1. The molecule has 0 fully saturated rings. The van der Waals surface area contributed by atoms with Gasteiger partial charge in [-0.2, -0.15) is 0 Å². The Bertz CT molecular complexity index is 1020. The van der Waals surface area contributed by atoms with Gasteiger partial charge in [0.25, 0.3) is 6.47 Å². The highest BCUT2D eigenvalue weighted by Gasteiger charge is 2.19. The molecule has 0 radical (unpaired) electrons. The fraction of sp³-hybridized carbons (Fsp3) is 0.531. The molecule has 0 aliphatic carbocycles. The number of allylic oxidation sites excluding steroid dienone is 1. The summed E-state index contributed by atoms with van der Waals surface area (Å²) in [7, 11) is 3.13. The molecule has 0 bridgehead atoms. The van der Waals surface area contributed by atoms with Crippen LogP contribution in [0.5, 0.6) is 5.75 Å². The molecule has 2 aromatic rings. The van der Waals surface area contributed by atoms with Crippen molar-refractivity contribution in [3.63, 3.8) is 0 Å². The van der Waals surface area contributed by atoms with E-state index in [4.69, 9.17) is 9.21 Å². The molecule has 2 N–H and O–H groups in total. The van der Waals surface area contributed by atoms with Crippen LogP contribution in [0.4, 0.5) is 0 Å². The lowest BCUT2D eigenvalue weighted by Gasteiger charge is -2.10. The van der Waals surface area contributed by atoms with Crippen molar-refractivity contribution in [3.8, 4) is 5.75 Å². The molecular formula is C32H49NO6. The predicted molar refractivity (Wildman–Crippen MR) is 158 cm³/mol. The molecule has 1 aromatic carbocycles. The van der Waals surface area contributed by atoms with Crippen LogP contribution in [0.2, 0.25) is 0 Å². The minimum absolute atomic E-state index is 0.0131. The van der Waals surface area contributed by atoms with Crippen LogP contribution < -0.4 is 10.9 Å². The number of aryl methyl sites for hydroxylation is 1. The van der Waals surface area contributed by atoms with E-state index >= 15 is 0 Å². The first-order valence-electron chi connectivity index (χ1n) is 13.9. The Kier molecular flexibility index (Phi) is 19.7. The van der Waals surface area contributed by atoms with Crippen molar-refractivity contribution >= 4 is 12.3 Å². The van der Waals surface area contributed by atoms with Crippen LogP contribution in [-0.2, 0) is 22.4 Å². The average molecular weight is 544 g/mol. The maximum atomic E-state index is 11.8. The van der Waals surface area contributed by atoms with Crippen LogP contribution in [0.3, 0.4) is 0 Å². The third kappa shape index (κ3) is 15.6. The third-order valence-corrected chi connectivity index (χ3v) is 5.92. The van der Waals surface area contributed by atoms with Crippen LogP contribution in [0, 0.1) is 5.92 Å². The second-order valence-electron chi connectivity index (χ2n) is 9.85. The van der Waals surface area contributed by atoms with Gasteiger partial charge in [-0.15, -0.1) is 0 Å². The molecule has 1 unspecified atom stereocenters. The summed E-state index contributed by atoms with van der Waals surface area (Å²) in [4.78, 5) is 32.3. The molecule has 0 amide bonds. The highest BCUT2D eigenvalue weighted by atomic mass is 16.5. The minimum atomic E-state index is -0.760. The van der Waals surface area contributed by atoms with E-state index in [0.717, 1.165) is 18.8 Å². The number of Topliss-reactive ketones (excluding diaryl/α,β-unsaturated/α-hetero) is 1. The lowest BCUT2D eigenvalue weighted by molar-refractivity contribution is -0.126. The van der Waals surface area contributed by atoms with Gasteiger partial charge in [0.1, 0.15) is 17.1 Å². The Labute approximate surface area is 234 Å². The topological polar surface area (TPSA) is 106 Å². The SMILES string of the molecule is CCC(=O)c1c(O)cc(C(C)CC/C=C/NC)oc1=O.CCCCCc1ccc(CC(C)C)cc1.COC=O. The summed E-state index contributed by atoms with van der Waals surface area (Å²) in [5.41, 5.74) is 1.96. The molecule has 7 heteroatoms. The van der Waals surface area contributed by atoms with Crippen molar-refractivity contribution in [3.05, 3.63) is 75.5 Å². The fourth-order valence-corrected chi connectivity index (χ4v) is 3.76. The molecule has 0 aliphatic rings. The van der Waals surface area contributed by atoms with Gasteiger partial charge < -0.3 is 19.6 Å². The lowest BCUT2D eigenvalue weighted by atomic mass is 10.00. The monoisotopic (exact) mass is 543 g/mol. The summed E-state index contributed by atoms with van der Waals surface area (Å²) in [6.07, 6.45) is 12.0. The maximum Gasteiger partial charge on any atom is 0.350 e. The van der Waals surface area contributed by atoms with Crippen LogP contribution >= 0.6 is 0 Å². The number of rotatable bonds is 14. The van der Waals surface area contributed by atoms with Crippen molar-refractivity contribution < 1.29 is 23.8 Å². The van der Waals surface area contributed by atoms with Gasteiger partial charge in [-0.1, -0.05) is 77.8 Å². The van der Waals surface area contributed by atoms with Crippen LogP contribution in [0.25, 0.3) is 0 Å². The Morgan fingerprint density at radius 1 is 1.10 bits per heavy atom. The number of benzene rings is 1. The predicted octanol–water partition coefficient (Wildman–Crippen LogP) is 6.96. The first-order chi connectivity index (χ1) is 18.6. The number of nitrogens with one attached hydrogen (secondary N) is 1. The molecule has 0 saturated carbocycles. The number of ether oxygens (including phenoxy) is 1. The van der Waals surface area contributed by atoms with Gasteiger partial charge in [0, 0.05) is 25.5 Å².